The van der Waals surface area contributed by atoms with E-state index in [4.69, 9.17) is 0 Å². The van der Waals surface area contributed by atoms with Gasteiger partial charge in [-0.15, -0.1) is 0 Å². The number of carbonyl (C=O) groups excluding carboxylic acids is 1. The zero-order valence-electron chi connectivity index (χ0n) is 10.4. The SMILES string of the molecule is Cc1nn(C)cc1C(=O)Nc1cnn(C)c1C. The molecule has 0 bridgehead atoms. The molecule has 2 aromatic heterocycles. The predicted octanol–water partition coefficient (Wildman–Crippen LogP) is 1.02. The molecule has 0 aliphatic carbocycles. The van der Waals surface area contributed by atoms with Crippen LogP contribution in [0.25, 0.3) is 0 Å². The van der Waals surface area contributed by atoms with Crippen LogP contribution in [0.4, 0.5) is 5.69 Å². The maximum absolute atomic E-state index is 12.0. The fourth-order valence-corrected chi connectivity index (χ4v) is 1.63. The highest BCUT2D eigenvalue weighted by Crippen LogP contribution is 2.14. The van der Waals surface area contributed by atoms with Crippen LogP contribution in [0.1, 0.15) is 21.7 Å². The Hall–Kier alpha value is -2.11. The van der Waals surface area contributed by atoms with Crippen LogP contribution < -0.4 is 5.32 Å². The molecule has 0 aromatic carbocycles. The molecule has 6 nitrogen and oxygen atoms in total. The first-order chi connectivity index (χ1) is 7.99. The van der Waals surface area contributed by atoms with Crippen LogP contribution >= 0.6 is 0 Å². The number of nitrogens with one attached hydrogen (secondary N) is 1. The Morgan fingerprint density at radius 1 is 1.35 bits per heavy atom. The largest absolute Gasteiger partial charge is 0.319 e. The van der Waals surface area contributed by atoms with Gasteiger partial charge in [0.15, 0.2) is 0 Å². The first-order valence-corrected chi connectivity index (χ1v) is 5.29. The lowest BCUT2D eigenvalue weighted by Gasteiger charge is -2.03. The van der Waals surface area contributed by atoms with Gasteiger partial charge in [0.25, 0.3) is 5.91 Å². The second-order valence-corrected chi connectivity index (χ2v) is 4.02. The van der Waals surface area contributed by atoms with Gasteiger partial charge >= 0.3 is 0 Å². The average molecular weight is 233 g/mol. The van der Waals surface area contributed by atoms with Gasteiger partial charge in [0, 0.05) is 20.3 Å². The van der Waals surface area contributed by atoms with E-state index in [1.807, 2.05) is 20.9 Å². The average Bonchev–Trinajstić information content (AvgIpc) is 2.75. The highest BCUT2D eigenvalue weighted by atomic mass is 16.1. The summed E-state index contributed by atoms with van der Waals surface area (Å²) < 4.78 is 3.34. The van der Waals surface area contributed by atoms with Crippen LogP contribution in [-0.2, 0) is 14.1 Å². The van der Waals surface area contributed by atoms with E-state index in [2.05, 4.69) is 15.5 Å². The molecule has 2 heterocycles. The molecule has 0 unspecified atom stereocenters. The number of carbonyl (C=O) groups is 1. The van der Waals surface area contributed by atoms with Crippen LogP contribution in [0, 0.1) is 13.8 Å². The molecule has 1 amide bonds. The Morgan fingerprint density at radius 3 is 2.53 bits per heavy atom. The van der Waals surface area contributed by atoms with Crippen molar-refractivity contribution in [1.29, 1.82) is 0 Å². The van der Waals surface area contributed by atoms with E-state index in [1.165, 1.54) is 0 Å². The van der Waals surface area contributed by atoms with Crippen molar-refractivity contribution >= 4 is 11.6 Å². The molecule has 1 N–H and O–H groups in total. The van der Waals surface area contributed by atoms with Gasteiger partial charge in [0.05, 0.1) is 28.8 Å². The number of rotatable bonds is 2. The summed E-state index contributed by atoms with van der Waals surface area (Å²) in [4.78, 5) is 12.0. The number of aromatic nitrogens is 4. The van der Waals surface area contributed by atoms with Crippen molar-refractivity contribution in [2.45, 2.75) is 13.8 Å². The molecule has 0 fully saturated rings. The molecule has 17 heavy (non-hydrogen) atoms. The molecule has 2 rings (SSSR count). The second-order valence-electron chi connectivity index (χ2n) is 4.02. The Morgan fingerprint density at radius 2 is 2.06 bits per heavy atom. The first kappa shape index (κ1) is 11.4. The van der Waals surface area contributed by atoms with Crippen molar-refractivity contribution in [2.24, 2.45) is 14.1 Å². The van der Waals surface area contributed by atoms with E-state index in [0.29, 0.717) is 11.3 Å². The topological polar surface area (TPSA) is 64.7 Å². The highest BCUT2D eigenvalue weighted by Gasteiger charge is 2.14. The molecule has 0 aliphatic rings. The molecule has 0 saturated heterocycles. The normalized spacial score (nSPS) is 10.6. The molecule has 0 atom stereocenters. The van der Waals surface area contributed by atoms with E-state index >= 15 is 0 Å². The van der Waals surface area contributed by atoms with Crippen LogP contribution in [0.15, 0.2) is 12.4 Å². The molecule has 90 valence electrons. The minimum Gasteiger partial charge on any atom is -0.319 e. The quantitative estimate of drug-likeness (QED) is 0.842. The highest BCUT2D eigenvalue weighted by molar-refractivity contribution is 6.05. The second kappa shape index (κ2) is 4.04. The molecule has 0 radical (unpaired) electrons. The third-order valence-electron chi connectivity index (χ3n) is 2.74. The third-order valence-corrected chi connectivity index (χ3v) is 2.74. The number of nitrogens with zero attached hydrogens (tertiary/aromatic N) is 4. The van der Waals surface area contributed by atoms with E-state index in [-0.39, 0.29) is 5.91 Å². The minimum atomic E-state index is -0.160. The maximum Gasteiger partial charge on any atom is 0.259 e. The van der Waals surface area contributed by atoms with Crippen molar-refractivity contribution in [3.63, 3.8) is 0 Å². The maximum atomic E-state index is 12.0. The number of aryl methyl sites for hydroxylation is 3. The van der Waals surface area contributed by atoms with Gasteiger partial charge in [-0.1, -0.05) is 0 Å². The smallest absolute Gasteiger partial charge is 0.259 e. The summed E-state index contributed by atoms with van der Waals surface area (Å²) >= 11 is 0. The van der Waals surface area contributed by atoms with Crippen LogP contribution in [0.3, 0.4) is 0 Å². The molecular formula is C11H15N5O. The molecule has 0 saturated carbocycles. The van der Waals surface area contributed by atoms with Gasteiger partial charge in [-0.05, 0) is 13.8 Å². The zero-order chi connectivity index (χ0) is 12.6. The van der Waals surface area contributed by atoms with Gasteiger partial charge in [-0.2, -0.15) is 10.2 Å². The molecule has 0 spiro atoms. The van der Waals surface area contributed by atoms with Crippen molar-refractivity contribution < 1.29 is 4.79 Å². The summed E-state index contributed by atoms with van der Waals surface area (Å²) in [5.74, 6) is -0.160. The van der Waals surface area contributed by atoms with Gasteiger partial charge in [-0.3, -0.25) is 14.2 Å². The molecule has 2 aromatic rings. The summed E-state index contributed by atoms with van der Waals surface area (Å²) in [5.41, 5.74) is 2.93. The van der Waals surface area contributed by atoms with Crippen LogP contribution in [0.2, 0.25) is 0 Å². The summed E-state index contributed by atoms with van der Waals surface area (Å²) in [6.45, 7) is 3.71. The van der Waals surface area contributed by atoms with Gasteiger partial charge in [-0.25, -0.2) is 0 Å². The van der Waals surface area contributed by atoms with Gasteiger partial charge in [0.1, 0.15) is 0 Å². The lowest BCUT2D eigenvalue weighted by molar-refractivity contribution is 0.102. The fourth-order valence-electron chi connectivity index (χ4n) is 1.63. The van der Waals surface area contributed by atoms with Crippen molar-refractivity contribution in [3.05, 3.63) is 29.3 Å². The number of hydrogen-bond acceptors (Lipinski definition) is 3. The van der Waals surface area contributed by atoms with E-state index in [1.54, 1.807) is 28.8 Å². The van der Waals surface area contributed by atoms with Gasteiger partial charge < -0.3 is 5.32 Å². The third kappa shape index (κ3) is 2.06. The summed E-state index contributed by atoms with van der Waals surface area (Å²) in [6.07, 6.45) is 3.34. The Bertz CT molecular complexity index is 566. The first-order valence-electron chi connectivity index (χ1n) is 5.29. The number of anilines is 1. The lowest BCUT2D eigenvalue weighted by Crippen LogP contribution is -2.13. The van der Waals surface area contributed by atoms with Crippen LogP contribution in [-0.4, -0.2) is 25.5 Å². The molecular weight excluding hydrogens is 218 g/mol. The summed E-state index contributed by atoms with van der Waals surface area (Å²) in [6, 6.07) is 0. The van der Waals surface area contributed by atoms with Crippen molar-refractivity contribution in [2.75, 3.05) is 5.32 Å². The van der Waals surface area contributed by atoms with Crippen molar-refractivity contribution in [1.82, 2.24) is 19.6 Å². The fraction of sp³-hybridized carbons (Fsp3) is 0.364. The summed E-state index contributed by atoms with van der Waals surface area (Å²) in [7, 11) is 3.62. The van der Waals surface area contributed by atoms with E-state index in [9.17, 15) is 4.79 Å². The van der Waals surface area contributed by atoms with Crippen molar-refractivity contribution in [3.8, 4) is 0 Å². The monoisotopic (exact) mass is 233 g/mol. The zero-order valence-corrected chi connectivity index (χ0v) is 10.4. The van der Waals surface area contributed by atoms with Crippen LogP contribution in [0.5, 0.6) is 0 Å². The lowest BCUT2D eigenvalue weighted by atomic mass is 10.2. The number of amides is 1. The Labute approximate surface area is 99.2 Å². The minimum absolute atomic E-state index is 0.160. The van der Waals surface area contributed by atoms with E-state index < -0.39 is 0 Å². The molecule has 0 aliphatic heterocycles. The van der Waals surface area contributed by atoms with Gasteiger partial charge in [0.2, 0.25) is 0 Å². The Kier molecular flexibility index (Phi) is 2.71. The Balaban J connectivity index is 2.23. The molecule has 6 heteroatoms. The number of hydrogen-bond donors (Lipinski definition) is 1. The summed E-state index contributed by atoms with van der Waals surface area (Å²) in [5, 5.41) is 11.0. The predicted molar refractivity (Wildman–Crippen MR) is 63.8 cm³/mol. The van der Waals surface area contributed by atoms with E-state index in [0.717, 1.165) is 11.4 Å². The standard InChI is InChI=1S/C11H15N5O/c1-7-9(6-15(3)14-7)11(17)13-10-5-12-16(4)8(10)2/h5-6H,1-4H3,(H,13,17).